The van der Waals surface area contributed by atoms with Crippen molar-refractivity contribution in [3.8, 4) is 22.5 Å². The van der Waals surface area contributed by atoms with Gasteiger partial charge in [0.15, 0.2) is 5.58 Å². The van der Waals surface area contributed by atoms with E-state index in [9.17, 15) is 0 Å². The van der Waals surface area contributed by atoms with Crippen LogP contribution in [-0.4, -0.2) is 19.1 Å². The van der Waals surface area contributed by atoms with Crippen molar-refractivity contribution in [1.29, 1.82) is 0 Å². The maximum absolute atomic E-state index is 7.81. The molecular weight excluding hydrogens is 1350 g/mol. The first kappa shape index (κ1) is 56.6. The number of fused-ring (bicyclic) bond motifs is 10. The Bertz CT molecular complexity index is 5030. The molecule has 6 aromatic heterocycles. The Balaban J connectivity index is 0.951. The molecule has 0 amide bonds. The normalized spacial score (nSPS) is 12.8. The van der Waals surface area contributed by atoms with E-state index in [-0.39, 0.29) is 65.3 Å². The third-order valence-corrected chi connectivity index (χ3v) is 19.5. The first-order valence-corrected chi connectivity index (χ1v) is 30.5. The fourth-order valence-corrected chi connectivity index (χ4v) is 16.6. The maximum Gasteiger partial charge on any atom is 0.213 e. The van der Waals surface area contributed by atoms with E-state index in [2.05, 4.69) is 16.0 Å². The molecule has 0 N–H and O–H groups in total. The summed E-state index contributed by atoms with van der Waals surface area (Å²) in [5, 5.41) is 7.60. The molecule has 0 aliphatic rings. The highest BCUT2D eigenvalue weighted by Gasteiger charge is 2.35. The molecule has 0 saturated heterocycles. The zero-order chi connectivity index (χ0) is 58.3. The van der Waals surface area contributed by atoms with Crippen LogP contribution >= 0.6 is 162 Å². The average Bonchev–Trinajstić information content (AvgIpc) is 1.79. The smallest absolute Gasteiger partial charge is 0.213 e. The first-order chi connectivity index (χ1) is 40.5. The zero-order valence-corrected chi connectivity index (χ0v) is 52.6. The number of halogens is 14. The van der Waals surface area contributed by atoms with E-state index >= 15 is 0 Å². The number of furan rings is 2. The lowest BCUT2D eigenvalue weighted by Crippen LogP contribution is -2.10. The van der Waals surface area contributed by atoms with Crippen LogP contribution < -0.4 is 0 Å². The average molecular weight is 1380 g/mol. The van der Waals surface area contributed by atoms with Crippen molar-refractivity contribution < 1.29 is 8.83 Å². The fourth-order valence-electron chi connectivity index (χ4n) is 11.8. The first-order valence-electron chi connectivity index (χ1n) is 25.2. The van der Waals surface area contributed by atoms with Crippen molar-refractivity contribution in [2.75, 3.05) is 0 Å². The van der Waals surface area contributed by atoms with Gasteiger partial charge < -0.3 is 13.4 Å². The van der Waals surface area contributed by atoms with Crippen LogP contribution in [0.25, 0.3) is 88.4 Å². The highest BCUT2D eigenvalue weighted by atomic mass is 35.5. The number of hydrogen-bond donors (Lipinski definition) is 0. The Morgan fingerprint density at radius 1 is 0.357 bits per heavy atom. The van der Waals surface area contributed by atoms with Crippen molar-refractivity contribution >= 4 is 228 Å². The number of nitrogens with zero attached hydrogens (tertiary/aromatic N) is 4. The zero-order valence-electron chi connectivity index (χ0n) is 42.1. The minimum Gasteiger partial charge on any atom is -0.454 e. The number of benzene rings is 8. The molecule has 2 atom stereocenters. The summed E-state index contributed by atoms with van der Waals surface area (Å²) in [6, 6.07) is 41.4. The van der Waals surface area contributed by atoms with Gasteiger partial charge in [-0.1, -0.05) is 217 Å². The fraction of sp³-hybridized carbons (Fsp3) is 0.0312. The molecule has 414 valence electrons. The van der Waals surface area contributed by atoms with E-state index < -0.39 is 11.8 Å². The topological polar surface area (TPSA) is 61.9 Å². The van der Waals surface area contributed by atoms with Gasteiger partial charge in [-0.3, -0.25) is 14.5 Å². The van der Waals surface area contributed by atoms with Gasteiger partial charge in [0.25, 0.3) is 0 Å². The number of para-hydroxylation sites is 3. The molecule has 0 aliphatic carbocycles. The van der Waals surface area contributed by atoms with Crippen LogP contribution in [0.1, 0.15) is 45.2 Å². The molecular formula is C64H28Cl14N4O2. The lowest BCUT2D eigenvalue weighted by molar-refractivity contribution is 0.645. The molecule has 8 aromatic carbocycles. The van der Waals surface area contributed by atoms with Crippen molar-refractivity contribution in [2.24, 2.45) is 0 Å². The van der Waals surface area contributed by atoms with Gasteiger partial charge in [0.2, 0.25) is 5.71 Å². The second kappa shape index (κ2) is 21.9. The van der Waals surface area contributed by atoms with Gasteiger partial charge in [-0.2, -0.15) is 0 Å². The molecule has 0 bridgehead atoms. The lowest BCUT2D eigenvalue weighted by atomic mass is 9.83. The summed E-state index contributed by atoms with van der Waals surface area (Å²) in [5.74, 6) is -1.87. The van der Waals surface area contributed by atoms with E-state index in [1.807, 2.05) is 106 Å². The molecule has 14 aromatic rings. The van der Waals surface area contributed by atoms with Crippen molar-refractivity contribution in [1.82, 2.24) is 19.1 Å². The van der Waals surface area contributed by atoms with E-state index in [1.54, 1.807) is 30.3 Å². The van der Waals surface area contributed by atoms with Crippen LogP contribution in [0.2, 0.25) is 70.3 Å². The molecule has 0 radical (unpaired) electrons. The quantitative estimate of drug-likeness (QED) is 0.144. The van der Waals surface area contributed by atoms with Crippen molar-refractivity contribution in [2.45, 2.75) is 11.8 Å². The van der Waals surface area contributed by atoms with E-state index in [0.717, 1.165) is 38.2 Å². The monoisotopic (exact) mass is 1370 g/mol. The van der Waals surface area contributed by atoms with Crippen LogP contribution in [0.5, 0.6) is 0 Å². The molecule has 84 heavy (non-hydrogen) atoms. The molecule has 6 heterocycles. The summed E-state index contributed by atoms with van der Waals surface area (Å²) in [6.45, 7) is 0. The Hall–Kier alpha value is -5.20. The van der Waals surface area contributed by atoms with E-state index in [1.165, 1.54) is 24.8 Å². The standard InChI is InChI=1S/C64H28Cl14N4O2/c65-28-16-35(66)53(36(67)17-28)59(56-43(74)23-79-24-44(56)75)54-37(68)18-29(19-38(54)69)81-48-14-13-27(15-34(48)63-62(81)33-9-3-6-12-50(33)83-63)51-41(72)22-42(73)58(61(51)78)60(57-45(76)25-80-26-46(57)77)55-39(70)20-30(21-40(55)71)82-47-10-4-1-7-31(47)52-32-8-2-5-11-49(32)84-64(52)82/h1-26,59-60H. The third kappa shape index (κ3) is 9.05. The summed E-state index contributed by atoms with van der Waals surface area (Å²) >= 11 is 101. The molecule has 0 saturated carbocycles. The van der Waals surface area contributed by atoms with Crippen LogP contribution in [0.3, 0.4) is 0 Å². The molecule has 0 spiro atoms. The number of rotatable bonds is 9. The molecule has 0 fully saturated rings. The van der Waals surface area contributed by atoms with Crippen LogP contribution in [0.15, 0.2) is 167 Å². The minimum absolute atomic E-state index is 0.164. The minimum atomic E-state index is -0.994. The van der Waals surface area contributed by atoms with Crippen LogP contribution in [0, 0.1) is 0 Å². The maximum atomic E-state index is 7.81. The highest BCUT2D eigenvalue weighted by Crippen LogP contribution is 2.55. The van der Waals surface area contributed by atoms with Gasteiger partial charge in [-0.15, -0.1) is 0 Å². The summed E-state index contributed by atoms with van der Waals surface area (Å²) in [7, 11) is 0. The Morgan fingerprint density at radius 3 is 1.37 bits per heavy atom. The van der Waals surface area contributed by atoms with Gasteiger partial charge >= 0.3 is 0 Å². The van der Waals surface area contributed by atoms with Gasteiger partial charge in [0.1, 0.15) is 16.7 Å². The molecule has 0 aliphatic heterocycles. The van der Waals surface area contributed by atoms with Gasteiger partial charge in [0.05, 0.1) is 52.2 Å². The van der Waals surface area contributed by atoms with Crippen molar-refractivity contribution in [3.63, 3.8) is 0 Å². The van der Waals surface area contributed by atoms with Gasteiger partial charge in [-0.05, 0) is 84.4 Å². The predicted octanol–water partition coefficient (Wildman–Crippen LogP) is 25.3. The summed E-state index contributed by atoms with van der Waals surface area (Å²) < 4.78 is 17.3. The Morgan fingerprint density at radius 2 is 0.798 bits per heavy atom. The predicted molar refractivity (Wildman–Crippen MR) is 353 cm³/mol. The largest absolute Gasteiger partial charge is 0.454 e. The molecule has 6 nitrogen and oxygen atoms in total. The third-order valence-electron chi connectivity index (χ3n) is 15.2. The Kier molecular flexibility index (Phi) is 14.7. The van der Waals surface area contributed by atoms with Gasteiger partial charge in [0, 0.05) is 143 Å². The number of aromatic nitrogens is 4. The Labute approximate surface area is 547 Å². The lowest BCUT2D eigenvalue weighted by Gasteiger charge is -2.27. The summed E-state index contributed by atoms with van der Waals surface area (Å²) in [5.41, 5.74) is 9.49. The molecule has 14 rings (SSSR count). The molecule has 20 heteroatoms. The number of hydrogen-bond acceptors (Lipinski definition) is 4. The second-order valence-corrected chi connectivity index (χ2v) is 25.4. The van der Waals surface area contributed by atoms with Crippen LogP contribution in [-0.2, 0) is 0 Å². The second-order valence-electron chi connectivity index (χ2n) is 19.7. The number of pyridine rings is 2. The van der Waals surface area contributed by atoms with E-state index in [0.29, 0.717) is 88.7 Å². The SMILES string of the molecule is Clc1cc(Cl)c(C(c2c(Cl)cncc2Cl)c2c(Cl)cc(-n3c4ccc(-c5c(Cl)cc(Cl)c(C(c6c(Cl)cncc6Cl)c6c(Cl)cc(-n7c8ccccc8c8c9ccccc9oc87)cc6Cl)c5Cl)cc4c4oc5ccccc5c43)cc2Cl)c(Cl)c1. The summed E-state index contributed by atoms with van der Waals surface area (Å²) in [4.78, 5) is 8.47. The van der Waals surface area contributed by atoms with Crippen LogP contribution in [0.4, 0.5) is 0 Å². The highest BCUT2D eigenvalue weighted by molar-refractivity contribution is 6.45. The molecule has 2 unspecified atom stereocenters. The van der Waals surface area contributed by atoms with E-state index in [4.69, 9.17) is 171 Å². The van der Waals surface area contributed by atoms with Gasteiger partial charge in [-0.25, -0.2) is 0 Å². The summed E-state index contributed by atoms with van der Waals surface area (Å²) in [6.07, 6.45) is 5.90. The van der Waals surface area contributed by atoms with Crippen molar-refractivity contribution in [3.05, 3.63) is 262 Å².